The first-order valence-electron chi connectivity index (χ1n) is 4.76. The predicted octanol–water partition coefficient (Wildman–Crippen LogP) is 2.17. The van der Waals surface area contributed by atoms with E-state index in [1.165, 1.54) is 5.56 Å². The minimum atomic E-state index is 0.150. The van der Waals surface area contributed by atoms with Crippen LogP contribution in [0, 0.1) is 6.92 Å². The van der Waals surface area contributed by atoms with Gasteiger partial charge in [-0.1, -0.05) is 17.7 Å². The molecule has 2 heteroatoms. The largest absolute Gasteiger partial charge is 0.493 e. The molecule has 0 radical (unpaired) electrons. The number of fused-ring (bicyclic) bond motifs is 1. The Hall–Kier alpha value is -1.02. The van der Waals surface area contributed by atoms with Crippen LogP contribution < -0.4 is 10.5 Å². The van der Waals surface area contributed by atoms with E-state index in [-0.39, 0.29) is 6.04 Å². The molecule has 0 bridgehead atoms. The van der Waals surface area contributed by atoms with Crippen molar-refractivity contribution in [2.75, 3.05) is 6.61 Å². The first kappa shape index (κ1) is 8.57. The summed E-state index contributed by atoms with van der Waals surface area (Å²) in [6, 6.07) is 6.37. The van der Waals surface area contributed by atoms with Gasteiger partial charge in [-0.3, -0.25) is 0 Å². The van der Waals surface area contributed by atoms with Gasteiger partial charge in [0.2, 0.25) is 0 Å². The van der Waals surface area contributed by atoms with E-state index < -0.39 is 0 Å². The summed E-state index contributed by atoms with van der Waals surface area (Å²) in [6.45, 7) is 2.88. The zero-order valence-electron chi connectivity index (χ0n) is 7.92. The number of aryl methyl sites for hydroxylation is 1. The summed E-state index contributed by atoms with van der Waals surface area (Å²) in [6.07, 6.45) is 2.07. The molecule has 70 valence electrons. The number of ether oxygens (including phenoxy) is 1. The molecular weight excluding hydrogens is 162 g/mol. The fourth-order valence-electron chi connectivity index (χ4n) is 1.73. The predicted molar refractivity (Wildman–Crippen MR) is 52.8 cm³/mol. The molecule has 0 saturated heterocycles. The van der Waals surface area contributed by atoms with Crippen molar-refractivity contribution in [2.45, 2.75) is 25.8 Å². The smallest absolute Gasteiger partial charge is 0.124 e. The summed E-state index contributed by atoms with van der Waals surface area (Å²) in [4.78, 5) is 0. The maximum atomic E-state index is 6.04. The molecule has 2 rings (SSSR count). The third-order valence-electron chi connectivity index (χ3n) is 2.48. The number of rotatable bonds is 0. The summed E-state index contributed by atoms with van der Waals surface area (Å²) in [5.74, 6) is 0.968. The van der Waals surface area contributed by atoms with Crippen molar-refractivity contribution in [1.82, 2.24) is 0 Å². The zero-order valence-corrected chi connectivity index (χ0v) is 7.92. The molecule has 0 saturated carbocycles. The van der Waals surface area contributed by atoms with Gasteiger partial charge < -0.3 is 10.5 Å². The van der Waals surface area contributed by atoms with E-state index in [0.717, 1.165) is 30.8 Å². The van der Waals surface area contributed by atoms with Crippen LogP contribution in [0.2, 0.25) is 0 Å². The lowest BCUT2D eigenvalue weighted by molar-refractivity contribution is 0.316. The number of hydrogen-bond donors (Lipinski definition) is 1. The van der Waals surface area contributed by atoms with Crippen LogP contribution in [-0.4, -0.2) is 6.61 Å². The average Bonchev–Trinajstić information content (AvgIpc) is 2.29. The molecule has 0 unspecified atom stereocenters. The topological polar surface area (TPSA) is 35.2 Å². The van der Waals surface area contributed by atoms with Crippen molar-refractivity contribution in [2.24, 2.45) is 5.73 Å². The van der Waals surface area contributed by atoms with Crippen molar-refractivity contribution in [1.29, 1.82) is 0 Å². The van der Waals surface area contributed by atoms with Gasteiger partial charge in [0.05, 0.1) is 6.61 Å². The molecule has 1 aliphatic rings. The van der Waals surface area contributed by atoms with Crippen LogP contribution in [-0.2, 0) is 0 Å². The van der Waals surface area contributed by atoms with E-state index in [1.807, 2.05) is 6.07 Å². The van der Waals surface area contributed by atoms with Crippen molar-refractivity contribution in [3.05, 3.63) is 29.3 Å². The molecule has 1 aromatic carbocycles. The van der Waals surface area contributed by atoms with Crippen LogP contribution in [0.25, 0.3) is 0 Å². The highest BCUT2D eigenvalue weighted by Crippen LogP contribution is 2.30. The Morgan fingerprint density at radius 2 is 2.31 bits per heavy atom. The molecular formula is C11H15NO. The minimum Gasteiger partial charge on any atom is -0.493 e. The summed E-state index contributed by atoms with van der Waals surface area (Å²) in [5.41, 5.74) is 8.45. The number of hydrogen-bond acceptors (Lipinski definition) is 2. The first-order chi connectivity index (χ1) is 6.27. The van der Waals surface area contributed by atoms with Crippen molar-refractivity contribution in [3.63, 3.8) is 0 Å². The Bertz CT molecular complexity index is 309. The Balaban J connectivity index is 2.43. The fourth-order valence-corrected chi connectivity index (χ4v) is 1.73. The highest BCUT2D eigenvalue weighted by Gasteiger charge is 2.15. The molecule has 1 aliphatic heterocycles. The molecule has 0 aliphatic carbocycles. The molecule has 2 nitrogen and oxygen atoms in total. The molecule has 2 N–H and O–H groups in total. The second-order valence-corrected chi connectivity index (χ2v) is 3.64. The SMILES string of the molecule is Cc1ccc2c(c1)[C@@H](N)CCCO2. The molecule has 0 spiro atoms. The van der Waals surface area contributed by atoms with E-state index in [2.05, 4.69) is 19.1 Å². The molecule has 1 aromatic rings. The van der Waals surface area contributed by atoms with Gasteiger partial charge in [0.15, 0.2) is 0 Å². The molecule has 0 fully saturated rings. The van der Waals surface area contributed by atoms with Gasteiger partial charge in [0.1, 0.15) is 5.75 Å². The molecule has 1 atom stereocenters. The van der Waals surface area contributed by atoms with E-state index in [1.54, 1.807) is 0 Å². The number of benzene rings is 1. The molecule has 1 heterocycles. The van der Waals surface area contributed by atoms with Crippen LogP contribution in [0.1, 0.15) is 30.0 Å². The lowest BCUT2D eigenvalue weighted by atomic mass is 10.0. The van der Waals surface area contributed by atoms with E-state index in [9.17, 15) is 0 Å². The Morgan fingerprint density at radius 3 is 3.15 bits per heavy atom. The molecule has 0 aromatic heterocycles. The minimum absolute atomic E-state index is 0.150. The van der Waals surface area contributed by atoms with E-state index >= 15 is 0 Å². The second kappa shape index (κ2) is 3.38. The van der Waals surface area contributed by atoms with Gasteiger partial charge in [-0.05, 0) is 25.8 Å². The third-order valence-corrected chi connectivity index (χ3v) is 2.48. The lowest BCUT2D eigenvalue weighted by Gasteiger charge is -2.11. The Kier molecular flexibility index (Phi) is 2.23. The van der Waals surface area contributed by atoms with Gasteiger partial charge in [-0.15, -0.1) is 0 Å². The quantitative estimate of drug-likeness (QED) is 0.659. The normalized spacial score (nSPS) is 21.5. The van der Waals surface area contributed by atoms with Gasteiger partial charge in [-0.2, -0.15) is 0 Å². The summed E-state index contributed by atoms with van der Waals surface area (Å²) >= 11 is 0. The van der Waals surface area contributed by atoms with Crippen molar-refractivity contribution < 1.29 is 4.74 Å². The van der Waals surface area contributed by atoms with Gasteiger partial charge in [0, 0.05) is 11.6 Å². The molecule has 0 amide bonds. The summed E-state index contributed by atoms with van der Waals surface area (Å²) in [5, 5.41) is 0. The maximum absolute atomic E-state index is 6.04. The highest BCUT2D eigenvalue weighted by molar-refractivity contribution is 5.39. The maximum Gasteiger partial charge on any atom is 0.124 e. The van der Waals surface area contributed by atoms with Gasteiger partial charge in [0.25, 0.3) is 0 Å². The Labute approximate surface area is 78.7 Å². The van der Waals surface area contributed by atoms with Gasteiger partial charge in [-0.25, -0.2) is 0 Å². The first-order valence-corrected chi connectivity index (χ1v) is 4.76. The van der Waals surface area contributed by atoms with E-state index in [0.29, 0.717) is 0 Å². The van der Waals surface area contributed by atoms with Crippen LogP contribution >= 0.6 is 0 Å². The van der Waals surface area contributed by atoms with Crippen LogP contribution in [0.4, 0.5) is 0 Å². The number of nitrogens with two attached hydrogens (primary N) is 1. The third kappa shape index (κ3) is 1.68. The monoisotopic (exact) mass is 177 g/mol. The fraction of sp³-hybridized carbons (Fsp3) is 0.455. The van der Waals surface area contributed by atoms with Gasteiger partial charge >= 0.3 is 0 Å². The second-order valence-electron chi connectivity index (χ2n) is 3.64. The highest BCUT2D eigenvalue weighted by atomic mass is 16.5. The van der Waals surface area contributed by atoms with Crippen molar-refractivity contribution in [3.8, 4) is 5.75 Å². The molecule has 13 heavy (non-hydrogen) atoms. The summed E-state index contributed by atoms with van der Waals surface area (Å²) in [7, 11) is 0. The standard InChI is InChI=1S/C11H15NO/c1-8-4-5-11-9(7-8)10(12)3-2-6-13-11/h4-5,7,10H,2-3,6,12H2,1H3/t10-/m0/s1. The summed E-state index contributed by atoms with van der Waals surface area (Å²) < 4.78 is 5.59. The Morgan fingerprint density at radius 1 is 1.46 bits per heavy atom. The average molecular weight is 177 g/mol. The van der Waals surface area contributed by atoms with E-state index in [4.69, 9.17) is 10.5 Å². The lowest BCUT2D eigenvalue weighted by Crippen LogP contribution is -2.09. The van der Waals surface area contributed by atoms with Crippen molar-refractivity contribution >= 4 is 0 Å². The van der Waals surface area contributed by atoms with Crippen LogP contribution in [0.3, 0.4) is 0 Å². The van der Waals surface area contributed by atoms with Crippen LogP contribution in [0.5, 0.6) is 5.75 Å². The van der Waals surface area contributed by atoms with Crippen LogP contribution in [0.15, 0.2) is 18.2 Å². The zero-order chi connectivity index (χ0) is 9.26.